The van der Waals surface area contributed by atoms with Gasteiger partial charge < -0.3 is 17.7 Å². The molecule has 1 heterocycles. The van der Waals surface area contributed by atoms with Crippen LogP contribution in [0.5, 0.6) is 0 Å². The summed E-state index contributed by atoms with van der Waals surface area (Å²) in [5.41, 5.74) is 0.481. The Morgan fingerprint density at radius 2 is 1.48 bits per heavy atom. The summed E-state index contributed by atoms with van der Waals surface area (Å²) >= 11 is 0. The van der Waals surface area contributed by atoms with Gasteiger partial charge >= 0.3 is 8.80 Å². The highest BCUT2D eigenvalue weighted by Gasteiger charge is 2.71. The third-order valence-corrected chi connectivity index (χ3v) is 19.7. The Hall–Kier alpha value is 0.274. The van der Waals surface area contributed by atoms with Gasteiger partial charge in [0.25, 0.3) is 0 Å². The van der Waals surface area contributed by atoms with Crippen molar-refractivity contribution < 1.29 is 17.7 Å². The maximum atomic E-state index is 7.34. The van der Waals surface area contributed by atoms with Gasteiger partial charge in [0.15, 0.2) is 0 Å². The first-order valence-corrected chi connectivity index (χ1v) is 17.2. The quantitative estimate of drug-likeness (QED) is 0.167. The second-order valence-electron chi connectivity index (χ2n) is 10.2. The predicted molar refractivity (Wildman–Crippen MR) is 137 cm³/mol. The zero-order valence-corrected chi connectivity index (χ0v) is 24.4. The molecule has 0 aromatic rings. The van der Waals surface area contributed by atoms with E-state index in [9.17, 15) is 0 Å². The highest BCUT2D eigenvalue weighted by Crippen LogP contribution is 2.60. The highest BCUT2D eigenvalue weighted by atomic mass is 28.4. The van der Waals surface area contributed by atoms with Crippen LogP contribution >= 0.6 is 0 Å². The van der Waals surface area contributed by atoms with Gasteiger partial charge in [-0.1, -0.05) is 72.6 Å². The molecule has 0 aromatic heterocycles. The van der Waals surface area contributed by atoms with Crippen molar-refractivity contribution in [3.05, 3.63) is 0 Å². The standard InChI is InChI=1S/C25H54O4Si2/c1-10-15-16-17-18-20-23(6)30(22-19-21-24(7,8)29-30)25(9,11-2)31(26-12-3,27-13-4)28-14-5/h23H,10-22H2,1-9H3. The first-order chi connectivity index (χ1) is 14.6. The molecule has 3 atom stereocenters. The molecule has 0 saturated carbocycles. The Morgan fingerprint density at radius 1 is 0.935 bits per heavy atom. The molecule has 0 aromatic carbocycles. The first-order valence-electron chi connectivity index (χ1n) is 13.3. The van der Waals surface area contributed by atoms with Crippen LogP contribution < -0.4 is 0 Å². The molecule has 0 amide bonds. The lowest BCUT2D eigenvalue weighted by atomic mass is 10.0. The molecule has 0 radical (unpaired) electrons. The number of hydrogen-bond donors (Lipinski definition) is 0. The van der Waals surface area contributed by atoms with Gasteiger partial charge in [0, 0.05) is 19.8 Å². The van der Waals surface area contributed by atoms with E-state index in [-0.39, 0.29) is 10.3 Å². The van der Waals surface area contributed by atoms with Gasteiger partial charge in [-0.15, -0.1) is 0 Å². The molecule has 6 heteroatoms. The van der Waals surface area contributed by atoms with Crippen molar-refractivity contribution in [2.24, 2.45) is 0 Å². The Morgan fingerprint density at radius 3 is 1.94 bits per heavy atom. The minimum Gasteiger partial charge on any atom is -0.411 e. The summed E-state index contributed by atoms with van der Waals surface area (Å²) in [5, 5.41) is 0. The number of rotatable bonds is 16. The van der Waals surface area contributed by atoms with Gasteiger partial charge in [-0.2, -0.15) is 0 Å². The van der Waals surface area contributed by atoms with E-state index < -0.39 is 17.1 Å². The maximum absolute atomic E-state index is 7.34. The van der Waals surface area contributed by atoms with E-state index >= 15 is 0 Å². The minimum atomic E-state index is -2.96. The van der Waals surface area contributed by atoms with Crippen molar-refractivity contribution >= 4 is 17.1 Å². The van der Waals surface area contributed by atoms with E-state index in [2.05, 4.69) is 62.3 Å². The summed E-state index contributed by atoms with van der Waals surface area (Å²) in [5.74, 6) is 0. The fourth-order valence-corrected chi connectivity index (χ4v) is 18.4. The first kappa shape index (κ1) is 29.3. The fraction of sp³-hybridized carbons (Fsp3) is 1.00. The lowest BCUT2D eigenvalue weighted by molar-refractivity contribution is 0.0289. The third kappa shape index (κ3) is 6.66. The Kier molecular flexibility index (Phi) is 12.5. The van der Waals surface area contributed by atoms with Crippen LogP contribution in [0, 0.1) is 0 Å². The second kappa shape index (κ2) is 13.2. The molecule has 4 nitrogen and oxygen atoms in total. The summed E-state index contributed by atoms with van der Waals surface area (Å²) in [6.07, 6.45) is 11.2. The maximum Gasteiger partial charge on any atom is 0.506 e. The number of unbranched alkanes of at least 4 members (excludes halogenated alkanes) is 4. The van der Waals surface area contributed by atoms with Crippen LogP contribution in [0.4, 0.5) is 0 Å². The van der Waals surface area contributed by atoms with Crippen LogP contribution in [0.3, 0.4) is 0 Å². The average Bonchev–Trinajstić information content (AvgIpc) is 2.72. The van der Waals surface area contributed by atoms with Crippen LogP contribution in [0.2, 0.25) is 16.2 Å². The van der Waals surface area contributed by atoms with Crippen LogP contribution in [-0.2, 0) is 17.7 Å². The molecule has 1 fully saturated rings. The van der Waals surface area contributed by atoms with Crippen molar-refractivity contribution in [1.82, 2.24) is 0 Å². The Bertz CT molecular complexity index is 485. The summed E-state index contributed by atoms with van der Waals surface area (Å²) in [6.45, 7) is 22.2. The fourth-order valence-electron chi connectivity index (χ4n) is 5.89. The molecule has 186 valence electrons. The van der Waals surface area contributed by atoms with Gasteiger partial charge in [-0.05, 0) is 59.0 Å². The predicted octanol–water partition coefficient (Wildman–Crippen LogP) is 8.03. The molecule has 1 aliphatic rings. The van der Waals surface area contributed by atoms with E-state index in [1.165, 1.54) is 51.0 Å². The summed E-state index contributed by atoms with van der Waals surface area (Å²) < 4.78 is 26.9. The monoisotopic (exact) mass is 474 g/mol. The van der Waals surface area contributed by atoms with Gasteiger partial charge in [-0.25, -0.2) is 0 Å². The third-order valence-electron chi connectivity index (χ3n) is 7.64. The minimum absolute atomic E-state index is 0.0812. The van der Waals surface area contributed by atoms with Gasteiger partial charge in [0.1, 0.15) is 0 Å². The van der Waals surface area contributed by atoms with Crippen molar-refractivity contribution in [3.63, 3.8) is 0 Å². The van der Waals surface area contributed by atoms with Crippen LogP contribution in [0.15, 0.2) is 0 Å². The normalized spacial score (nSPS) is 24.7. The molecular formula is C25H54O4Si2. The van der Waals surface area contributed by atoms with Crippen molar-refractivity contribution in [2.45, 2.75) is 142 Å². The Labute approximate surface area is 196 Å². The lowest BCUT2D eigenvalue weighted by Gasteiger charge is -2.59. The van der Waals surface area contributed by atoms with Crippen molar-refractivity contribution in [1.29, 1.82) is 0 Å². The highest BCUT2D eigenvalue weighted by molar-refractivity contribution is 6.92. The van der Waals surface area contributed by atoms with Crippen LogP contribution in [0.1, 0.15) is 120 Å². The van der Waals surface area contributed by atoms with Gasteiger partial charge in [0.2, 0.25) is 8.32 Å². The molecule has 3 unspecified atom stereocenters. The summed E-state index contributed by atoms with van der Waals surface area (Å²) in [7, 11) is -5.26. The molecule has 0 bridgehead atoms. The van der Waals surface area contributed by atoms with Gasteiger partial charge in [-0.3, -0.25) is 0 Å². The van der Waals surface area contributed by atoms with Crippen molar-refractivity contribution in [2.75, 3.05) is 19.8 Å². The lowest BCUT2D eigenvalue weighted by Crippen LogP contribution is -2.70. The van der Waals surface area contributed by atoms with E-state index in [1.807, 2.05) is 0 Å². The molecule has 0 aliphatic carbocycles. The molecular weight excluding hydrogens is 420 g/mol. The van der Waals surface area contributed by atoms with E-state index in [1.54, 1.807) is 0 Å². The van der Waals surface area contributed by atoms with E-state index in [0.717, 1.165) is 12.8 Å². The smallest absolute Gasteiger partial charge is 0.411 e. The molecule has 0 spiro atoms. The van der Waals surface area contributed by atoms with Crippen LogP contribution in [-0.4, -0.2) is 42.5 Å². The van der Waals surface area contributed by atoms with E-state index in [0.29, 0.717) is 25.4 Å². The van der Waals surface area contributed by atoms with Crippen LogP contribution in [0.25, 0.3) is 0 Å². The zero-order chi connectivity index (χ0) is 23.6. The average molecular weight is 475 g/mol. The van der Waals surface area contributed by atoms with Crippen molar-refractivity contribution in [3.8, 4) is 0 Å². The molecule has 1 saturated heterocycles. The zero-order valence-electron chi connectivity index (χ0n) is 22.4. The number of hydrogen-bond acceptors (Lipinski definition) is 4. The SMILES string of the molecule is CCCCCCCC(C)[Si]1(C(C)(CC)[Si](OCC)(OCC)OCC)CCCC(C)(C)O1. The van der Waals surface area contributed by atoms with Gasteiger partial charge in [0.05, 0.1) is 10.3 Å². The molecule has 0 N–H and O–H groups in total. The Balaban J connectivity index is 3.43. The molecule has 1 rings (SSSR count). The largest absolute Gasteiger partial charge is 0.506 e. The molecule has 31 heavy (non-hydrogen) atoms. The topological polar surface area (TPSA) is 36.9 Å². The summed E-state index contributed by atoms with van der Waals surface area (Å²) in [4.78, 5) is 0. The summed E-state index contributed by atoms with van der Waals surface area (Å²) in [6, 6.07) is 1.19. The van der Waals surface area contributed by atoms with E-state index in [4.69, 9.17) is 17.7 Å². The second-order valence-corrected chi connectivity index (χ2v) is 18.4. The molecule has 1 aliphatic heterocycles.